The third-order valence-corrected chi connectivity index (χ3v) is 5.49. The van der Waals surface area contributed by atoms with Gasteiger partial charge in [0.2, 0.25) is 0 Å². The van der Waals surface area contributed by atoms with Crippen LogP contribution in [0.4, 0.5) is 10.6 Å². The fourth-order valence-electron chi connectivity index (χ4n) is 3.88. The molecule has 6 heteroatoms. The van der Waals surface area contributed by atoms with E-state index in [1.54, 1.807) is 16.8 Å². The van der Waals surface area contributed by atoms with Gasteiger partial charge in [-0.3, -0.25) is 9.80 Å². The predicted octanol–water partition coefficient (Wildman–Crippen LogP) is 4.13. The van der Waals surface area contributed by atoms with E-state index in [0.717, 1.165) is 28.2 Å². The van der Waals surface area contributed by atoms with Crippen LogP contribution >= 0.6 is 0 Å². The Hall–Kier alpha value is -3.38. The van der Waals surface area contributed by atoms with Crippen LogP contribution in [0.25, 0.3) is 17.1 Å². The summed E-state index contributed by atoms with van der Waals surface area (Å²) >= 11 is 0. The summed E-state index contributed by atoms with van der Waals surface area (Å²) in [5, 5.41) is 9.26. The number of fused-ring (bicyclic) bond motifs is 1. The minimum Gasteiger partial charge on any atom is -0.396 e. The monoisotopic (exact) mass is 402 g/mol. The van der Waals surface area contributed by atoms with E-state index < -0.39 is 0 Å². The lowest BCUT2D eigenvalue weighted by Crippen LogP contribution is -2.45. The number of nitrogens with zero attached hydrogens (tertiary/aromatic N) is 4. The Morgan fingerprint density at radius 3 is 2.47 bits per heavy atom. The van der Waals surface area contributed by atoms with E-state index in [1.807, 2.05) is 30.3 Å². The zero-order valence-electron chi connectivity index (χ0n) is 17.4. The van der Waals surface area contributed by atoms with Crippen molar-refractivity contribution in [3.8, 4) is 11.4 Å². The molecule has 2 heterocycles. The number of hydrogen-bond acceptors (Lipinski definition) is 3. The number of carbonyl (C=O) groups is 1. The van der Waals surface area contributed by atoms with Gasteiger partial charge in [0.15, 0.2) is 5.82 Å². The lowest BCUT2D eigenvalue weighted by atomic mass is 10.1. The van der Waals surface area contributed by atoms with Crippen molar-refractivity contribution in [1.29, 1.82) is 0 Å². The summed E-state index contributed by atoms with van der Waals surface area (Å²) in [5.41, 5.74) is 4.73. The molecule has 0 saturated heterocycles. The average Bonchev–Trinajstić information content (AvgIpc) is 3.12. The van der Waals surface area contributed by atoms with Gasteiger partial charge >= 0.3 is 6.03 Å². The molecule has 0 spiro atoms. The van der Waals surface area contributed by atoms with Crippen molar-refractivity contribution in [3.63, 3.8) is 0 Å². The van der Waals surface area contributed by atoms with Gasteiger partial charge in [0.05, 0.1) is 5.70 Å². The molecule has 0 atom stereocenters. The summed E-state index contributed by atoms with van der Waals surface area (Å²) in [6.45, 7) is 7.35. The third-order valence-electron chi connectivity index (χ3n) is 5.49. The van der Waals surface area contributed by atoms with E-state index >= 15 is 0 Å². The number of carbonyl (C=O) groups excluding carboxylic acids is 1. The number of imidazole rings is 1. The van der Waals surface area contributed by atoms with E-state index in [-0.39, 0.29) is 12.6 Å². The number of aryl methyl sites for hydroxylation is 1. The van der Waals surface area contributed by atoms with Crippen LogP contribution in [0.2, 0.25) is 0 Å². The molecule has 1 aliphatic rings. The maximum absolute atomic E-state index is 12.9. The molecule has 0 fully saturated rings. The SMILES string of the molecule is C=C1c2c(nc(-c3ccccc3C)n2Cc2ccccc2)N(C)C(=O)N1CCCO. The fraction of sp³-hybridized carbons (Fsp3) is 0.250. The Morgan fingerprint density at radius 1 is 1.07 bits per heavy atom. The molecule has 0 unspecified atom stereocenters. The number of rotatable bonds is 6. The second-order valence-electron chi connectivity index (χ2n) is 7.51. The van der Waals surface area contributed by atoms with Crippen LogP contribution in [0, 0.1) is 6.92 Å². The largest absolute Gasteiger partial charge is 0.396 e. The van der Waals surface area contributed by atoms with Gasteiger partial charge in [-0.15, -0.1) is 0 Å². The normalized spacial score (nSPS) is 13.7. The summed E-state index contributed by atoms with van der Waals surface area (Å²) in [6.07, 6.45) is 0.491. The topological polar surface area (TPSA) is 61.6 Å². The van der Waals surface area contributed by atoms with Crippen LogP contribution in [-0.2, 0) is 6.54 Å². The molecule has 0 radical (unpaired) electrons. The van der Waals surface area contributed by atoms with Crippen molar-refractivity contribution in [2.75, 3.05) is 25.1 Å². The van der Waals surface area contributed by atoms with Crippen LogP contribution in [0.1, 0.15) is 23.2 Å². The fourth-order valence-corrected chi connectivity index (χ4v) is 3.88. The van der Waals surface area contributed by atoms with Crippen LogP contribution < -0.4 is 4.90 Å². The molecule has 0 aliphatic carbocycles. The van der Waals surface area contributed by atoms with Gasteiger partial charge in [0.25, 0.3) is 0 Å². The zero-order chi connectivity index (χ0) is 21.3. The molecule has 1 N–H and O–H groups in total. The molecule has 1 aromatic heterocycles. The predicted molar refractivity (Wildman–Crippen MR) is 119 cm³/mol. The van der Waals surface area contributed by atoms with Gasteiger partial charge in [-0.05, 0) is 24.5 Å². The van der Waals surface area contributed by atoms with Crippen molar-refractivity contribution in [2.24, 2.45) is 0 Å². The molecule has 6 nitrogen and oxygen atoms in total. The van der Waals surface area contributed by atoms with Crippen LogP contribution in [0.3, 0.4) is 0 Å². The Labute approximate surface area is 176 Å². The molecule has 4 rings (SSSR count). The highest BCUT2D eigenvalue weighted by atomic mass is 16.3. The van der Waals surface area contributed by atoms with E-state index in [0.29, 0.717) is 31.0 Å². The Kier molecular flexibility index (Phi) is 5.42. The second-order valence-corrected chi connectivity index (χ2v) is 7.51. The minimum absolute atomic E-state index is 0.0192. The molecule has 30 heavy (non-hydrogen) atoms. The van der Waals surface area contributed by atoms with E-state index in [9.17, 15) is 9.90 Å². The highest BCUT2D eigenvalue weighted by molar-refractivity contribution is 6.03. The van der Waals surface area contributed by atoms with Gasteiger partial charge < -0.3 is 9.67 Å². The number of aromatic nitrogens is 2. The average molecular weight is 402 g/mol. The van der Waals surface area contributed by atoms with Gasteiger partial charge in [-0.2, -0.15) is 0 Å². The molecule has 154 valence electrons. The quantitative estimate of drug-likeness (QED) is 0.674. The molecule has 0 saturated carbocycles. The summed E-state index contributed by atoms with van der Waals surface area (Å²) in [7, 11) is 1.74. The lowest BCUT2D eigenvalue weighted by Gasteiger charge is -2.34. The van der Waals surface area contributed by atoms with Crippen molar-refractivity contribution in [3.05, 3.63) is 78.0 Å². The standard InChI is InChI=1S/C24H26N4O2/c1-17-10-7-8-13-20(17)22-25-23-21(28(22)16-19-11-5-4-6-12-19)18(2)27(14-9-15-29)24(30)26(23)3/h4-8,10-13,29H,2,9,14-16H2,1,3H3. The van der Waals surface area contributed by atoms with Gasteiger partial charge in [0.1, 0.15) is 11.5 Å². The highest BCUT2D eigenvalue weighted by Gasteiger charge is 2.36. The summed E-state index contributed by atoms with van der Waals surface area (Å²) < 4.78 is 2.14. The molecule has 2 amide bonds. The number of benzene rings is 2. The first kappa shape index (κ1) is 19.9. The van der Waals surface area contributed by atoms with E-state index in [1.165, 1.54) is 0 Å². The van der Waals surface area contributed by atoms with Crippen molar-refractivity contribution in [2.45, 2.75) is 19.9 Å². The maximum Gasteiger partial charge on any atom is 0.329 e. The van der Waals surface area contributed by atoms with Crippen molar-refractivity contribution < 1.29 is 9.90 Å². The first-order valence-corrected chi connectivity index (χ1v) is 10.1. The van der Waals surface area contributed by atoms with Crippen LogP contribution in [-0.4, -0.2) is 45.8 Å². The number of hydrogen-bond donors (Lipinski definition) is 1. The number of aliphatic hydroxyl groups excluding tert-OH is 1. The highest BCUT2D eigenvalue weighted by Crippen LogP contribution is 2.38. The van der Waals surface area contributed by atoms with E-state index in [2.05, 4.69) is 42.3 Å². The van der Waals surface area contributed by atoms with Gasteiger partial charge in [-0.1, -0.05) is 61.2 Å². The second kappa shape index (κ2) is 8.16. The van der Waals surface area contributed by atoms with Crippen LogP contribution in [0.15, 0.2) is 61.2 Å². The molecule has 3 aromatic rings. The Bertz CT molecular complexity index is 1090. The van der Waals surface area contributed by atoms with Gasteiger partial charge in [0, 0.05) is 32.3 Å². The Morgan fingerprint density at radius 2 is 1.77 bits per heavy atom. The van der Waals surface area contributed by atoms with Crippen LogP contribution in [0.5, 0.6) is 0 Å². The smallest absolute Gasteiger partial charge is 0.329 e. The number of urea groups is 1. The molecule has 0 bridgehead atoms. The molecular formula is C24H26N4O2. The minimum atomic E-state index is -0.179. The van der Waals surface area contributed by atoms with Crippen molar-refractivity contribution in [1.82, 2.24) is 14.5 Å². The summed E-state index contributed by atoms with van der Waals surface area (Å²) in [6, 6.07) is 18.1. The third kappa shape index (κ3) is 3.39. The summed E-state index contributed by atoms with van der Waals surface area (Å²) in [5.74, 6) is 1.42. The zero-order valence-corrected chi connectivity index (χ0v) is 17.4. The molecular weight excluding hydrogens is 376 g/mol. The van der Waals surface area contributed by atoms with Gasteiger partial charge in [-0.25, -0.2) is 9.78 Å². The lowest BCUT2D eigenvalue weighted by molar-refractivity contribution is 0.217. The Balaban J connectivity index is 1.90. The summed E-state index contributed by atoms with van der Waals surface area (Å²) in [4.78, 5) is 21.1. The maximum atomic E-state index is 12.9. The number of anilines is 1. The number of amides is 2. The molecule has 2 aromatic carbocycles. The van der Waals surface area contributed by atoms with Crippen molar-refractivity contribution >= 4 is 17.5 Å². The first-order chi connectivity index (χ1) is 14.5. The number of aliphatic hydroxyl groups is 1. The molecule has 1 aliphatic heterocycles. The van der Waals surface area contributed by atoms with E-state index in [4.69, 9.17) is 4.98 Å². The first-order valence-electron chi connectivity index (χ1n) is 10.1.